The zero-order valence-electron chi connectivity index (χ0n) is 11.1. The Labute approximate surface area is 132 Å². The molecule has 1 N–H and O–H groups in total. The number of hydrogen-bond acceptors (Lipinski definition) is 1. The highest BCUT2D eigenvalue weighted by atomic mass is 79.9. The van der Waals surface area contributed by atoms with Crippen LogP contribution in [0.25, 0.3) is 0 Å². The van der Waals surface area contributed by atoms with Crippen molar-refractivity contribution >= 4 is 39.1 Å². The lowest BCUT2D eigenvalue weighted by Gasteiger charge is -2.07. The minimum Gasteiger partial charge on any atom is -0.322 e. The molecule has 0 radical (unpaired) electrons. The minimum absolute atomic E-state index is 0.164. The lowest BCUT2D eigenvalue weighted by molar-refractivity contribution is 0.102. The van der Waals surface area contributed by atoms with Gasteiger partial charge in [-0.15, -0.1) is 0 Å². The van der Waals surface area contributed by atoms with Crippen LogP contribution in [0.3, 0.4) is 0 Å². The van der Waals surface area contributed by atoms with Gasteiger partial charge in [0.25, 0.3) is 5.91 Å². The third kappa shape index (κ3) is 3.84. The molecule has 0 aromatic heterocycles. The Morgan fingerprint density at radius 2 is 1.90 bits per heavy atom. The van der Waals surface area contributed by atoms with E-state index in [1.54, 1.807) is 18.2 Å². The number of nitrogens with one attached hydrogen (secondary N) is 1. The summed E-state index contributed by atoms with van der Waals surface area (Å²) in [6.45, 7) is 2.15. The van der Waals surface area contributed by atoms with Crippen LogP contribution in [0.15, 0.2) is 46.9 Å². The molecule has 0 fully saturated rings. The van der Waals surface area contributed by atoms with Gasteiger partial charge in [-0.3, -0.25) is 4.79 Å². The number of halogens is 2. The molecule has 0 aliphatic carbocycles. The van der Waals surface area contributed by atoms with Crippen molar-refractivity contribution in [2.24, 2.45) is 0 Å². The van der Waals surface area contributed by atoms with E-state index in [4.69, 9.17) is 11.6 Å². The first-order valence-corrected chi connectivity index (χ1v) is 7.62. The summed E-state index contributed by atoms with van der Waals surface area (Å²) in [6.07, 6.45) is 2.17. The summed E-state index contributed by atoms with van der Waals surface area (Å²) in [4.78, 5) is 12.1. The van der Waals surface area contributed by atoms with E-state index in [1.165, 1.54) is 5.56 Å². The van der Waals surface area contributed by atoms with Crippen LogP contribution in [-0.4, -0.2) is 5.91 Å². The highest BCUT2D eigenvalue weighted by Crippen LogP contribution is 2.23. The van der Waals surface area contributed by atoms with Gasteiger partial charge >= 0.3 is 0 Å². The first-order chi connectivity index (χ1) is 9.60. The lowest BCUT2D eigenvalue weighted by atomic mass is 10.1. The number of anilines is 1. The fourth-order valence-electron chi connectivity index (χ4n) is 1.88. The molecule has 0 heterocycles. The van der Waals surface area contributed by atoms with E-state index in [0.29, 0.717) is 10.6 Å². The van der Waals surface area contributed by atoms with Gasteiger partial charge in [-0.1, -0.05) is 37.1 Å². The van der Waals surface area contributed by atoms with Crippen LogP contribution < -0.4 is 5.32 Å². The van der Waals surface area contributed by atoms with E-state index in [9.17, 15) is 4.79 Å². The monoisotopic (exact) mass is 351 g/mol. The molecule has 1 amide bonds. The molecular weight excluding hydrogens is 338 g/mol. The Bertz CT molecular complexity index is 610. The van der Waals surface area contributed by atoms with Crippen LogP contribution in [0.1, 0.15) is 29.3 Å². The van der Waals surface area contributed by atoms with Crippen LogP contribution in [0.2, 0.25) is 5.02 Å². The maximum absolute atomic E-state index is 12.1. The van der Waals surface area contributed by atoms with Crippen LogP contribution in [0.4, 0.5) is 5.69 Å². The summed E-state index contributed by atoms with van der Waals surface area (Å²) < 4.78 is 0.777. The van der Waals surface area contributed by atoms with Crippen LogP contribution in [-0.2, 0) is 6.42 Å². The van der Waals surface area contributed by atoms with Gasteiger partial charge in [-0.05, 0) is 58.2 Å². The second kappa shape index (κ2) is 6.91. The summed E-state index contributed by atoms with van der Waals surface area (Å²) in [5.74, 6) is -0.164. The van der Waals surface area contributed by atoms with Gasteiger partial charge in [-0.2, -0.15) is 0 Å². The summed E-state index contributed by atoms with van der Waals surface area (Å²) in [5.41, 5.74) is 2.60. The molecule has 104 valence electrons. The molecule has 2 aromatic rings. The predicted molar refractivity (Wildman–Crippen MR) is 87.5 cm³/mol. The third-order valence-corrected chi connectivity index (χ3v) is 4.16. The first kappa shape index (κ1) is 15.1. The molecule has 0 unspecified atom stereocenters. The molecule has 0 atom stereocenters. The molecule has 0 saturated carbocycles. The third-order valence-electron chi connectivity index (χ3n) is 2.93. The van der Waals surface area contributed by atoms with Gasteiger partial charge in [0.05, 0.1) is 5.02 Å². The fourth-order valence-corrected chi connectivity index (χ4v) is 2.31. The topological polar surface area (TPSA) is 29.1 Å². The second-order valence-electron chi connectivity index (χ2n) is 4.53. The van der Waals surface area contributed by atoms with Crippen molar-refractivity contribution in [1.29, 1.82) is 0 Å². The lowest BCUT2D eigenvalue weighted by Crippen LogP contribution is -2.11. The second-order valence-corrected chi connectivity index (χ2v) is 5.79. The smallest absolute Gasteiger partial charge is 0.255 e. The van der Waals surface area contributed by atoms with Crippen LogP contribution in [0.5, 0.6) is 0 Å². The van der Waals surface area contributed by atoms with Crippen LogP contribution >= 0.6 is 27.5 Å². The Morgan fingerprint density at radius 1 is 1.20 bits per heavy atom. The van der Waals surface area contributed by atoms with Crippen molar-refractivity contribution in [3.63, 3.8) is 0 Å². The number of hydrogen-bond donors (Lipinski definition) is 1. The molecule has 20 heavy (non-hydrogen) atoms. The molecule has 4 heteroatoms. The van der Waals surface area contributed by atoms with E-state index >= 15 is 0 Å². The molecule has 2 rings (SSSR count). The van der Waals surface area contributed by atoms with E-state index in [-0.39, 0.29) is 5.91 Å². The Morgan fingerprint density at radius 3 is 2.50 bits per heavy atom. The van der Waals surface area contributed by atoms with Crippen LogP contribution in [0, 0.1) is 0 Å². The van der Waals surface area contributed by atoms with Gasteiger partial charge in [0.2, 0.25) is 0 Å². The maximum atomic E-state index is 12.1. The highest BCUT2D eigenvalue weighted by molar-refractivity contribution is 9.10. The number of carbonyl (C=O) groups excluding carboxylic acids is 1. The van der Waals surface area contributed by atoms with Crippen molar-refractivity contribution in [1.82, 2.24) is 0 Å². The molecule has 0 aliphatic heterocycles. The SMILES string of the molecule is CCCc1ccc(NC(=O)c2ccc(Br)c(Cl)c2)cc1. The van der Waals surface area contributed by atoms with Gasteiger partial charge in [0.1, 0.15) is 0 Å². The van der Waals surface area contributed by atoms with E-state index in [1.807, 2.05) is 24.3 Å². The Balaban J connectivity index is 2.08. The Hall–Kier alpha value is -1.32. The molecular formula is C16H15BrClNO. The quantitative estimate of drug-likeness (QED) is 0.794. The minimum atomic E-state index is -0.164. The number of carbonyl (C=O) groups is 1. The average molecular weight is 353 g/mol. The van der Waals surface area contributed by atoms with Gasteiger partial charge < -0.3 is 5.32 Å². The summed E-state index contributed by atoms with van der Waals surface area (Å²) in [7, 11) is 0. The molecule has 0 saturated heterocycles. The predicted octanol–water partition coefficient (Wildman–Crippen LogP) is 5.31. The van der Waals surface area contributed by atoms with Gasteiger partial charge in [0.15, 0.2) is 0 Å². The largest absolute Gasteiger partial charge is 0.322 e. The highest BCUT2D eigenvalue weighted by Gasteiger charge is 2.08. The molecule has 2 aromatic carbocycles. The number of benzene rings is 2. The average Bonchev–Trinajstić information content (AvgIpc) is 2.44. The van der Waals surface area contributed by atoms with E-state index in [2.05, 4.69) is 28.2 Å². The fraction of sp³-hybridized carbons (Fsp3) is 0.188. The van der Waals surface area contributed by atoms with E-state index < -0.39 is 0 Å². The van der Waals surface area contributed by atoms with E-state index in [0.717, 1.165) is 23.0 Å². The molecule has 0 spiro atoms. The Kier molecular flexibility index (Phi) is 5.21. The zero-order valence-corrected chi connectivity index (χ0v) is 13.5. The number of amides is 1. The molecule has 0 aliphatic rings. The van der Waals surface area contributed by atoms with Crippen molar-refractivity contribution in [2.75, 3.05) is 5.32 Å². The zero-order chi connectivity index (χ0) is 14.5. The van der Waals surface area contributed by atoms with Gasteiger partial charge in [-0.25, -0.2) is 0 Å². The number of rotatable bonds is 4. The normalized spacial score (nSPS) is 10.3. The van der Waals surface area contributed by atoms with Crippen molar-refractivity contribution < 1.29 is 4.79 Å². The standard InChI is InChI=1S/C16H15BrClNO/c1-2-3-11-4-7-13(8-5-11)19-16(20)12-6-9-14(17)15(18)10-12/h4-10H,2-3H2,1H3,(H,19,20). The molecule has 2 nitrogen and oxygen atoms in total. The van der Waals surface area contributed by atoms with Crippen molar-refractivity contribution in [3.05, 3.63) is 63.1 Å². The maximum Gasteiger partial charge on any atom is 0.255 e. The summed E-state index contributed by atoms with van der Waals surface area (Å²) in [6, 6.07) is 13.1. The van der Waals surface area contributed by atoms with Gasteiger partial charge in [0, 0.05) is 15.7 Å². The summed E-state index contributed by atoms with van der Waals surface area (Å²) >= 11 is 9.29. The number of aryl methyl sites for hydroxylation is 1. The van der Waals surface area contributed by atoms with Crippen molar-refractivity contribution in [2.45, 2.75) is 19.8 Å². The summed E-state index contributed by atoms with van der Waals surface area (Å²) in [5, 5.41) is 3.39. The molecule has 0 bridgehead atoms. The first-order valence-electron chi connectivity index (χ1n) is 6.45. The van der Waals surface area contributed by atoms with Crippen molar-refractivity contribution in [3.8, 4) is 0 Å².